The van der Waals surface area contributed by atoms with Crippen molar-refractivity contribution in [3.05, 3.63) is 29.8 Å². The Balaban J connectivity index is 2.99. The van der Waals surface area contributed by atoms with Crippen LogP contribution in [0.25, 0.3) is 0 Å². The average Bonchev–Trinajstić information content (AvgIpc) is 2.02. The molecule has 0 radical (unpaired) electrons. The largest absolute Gasteiger partial charge is 0.437 e. The summed E-state index contributed by atoms with van der Waals surface area (Å²) in [5.74, 6) is 0. The lowest BCUT2D eigenvalue weighted by Gasteiger charge is -2.06. The van der Waals surface area contributed by atoms with Crippen LogP contribution >= 0.6 is 0 Å². The summed E-state index contributed by atoms with van der Waals surface area (Å²) in [6.07, 6.45) is 0. The minimum Gasteiger partial charge on any atom is -0.437 e. The second-order valence-corrected chi connectivity index (χ2v) is 4.82. The van der Waals surface area contributed by atoms with Crippen molar-refractivity contribution in [1.82, 2.24) is 4.63 Å². The van der Waals surface area contributed by atoms with Gasteiger partial charge in [-0.2, -0.15) is 0 Å². The number of aryl methyl sites for hydroxylation is 1. The van der Waals surface area contributed by atoms with Crippen LogP contribution in [0.5, 0.6) is 0 Å². The summed E-state index contributed by atoms with van der Waals surface area (Å²) in [4.78, 5) is 0.156. The number of benzene rings is 1. The van der Waals surface area contributed by atoms with E-state index in [9.17, 15) is 8.42 Å². The molecule has 0 aliphatic heterocycles. The molecule has 0 amide bonds. The molecule has 0 aliphatic carbocycles. The van der Waals surface area contributed by atoms with E-state index in [1.807, 2.05) is 6.92 Å². The van der Waals surface area contributed by atoms with E-state index in [2.05, 4.69) is 4.63 Å². The zero-order valence-corrected chi connectivity index (χ0v) is 8.88. The van der Waals surface area contributed by atoms with Gasteiger partial charge in [-0.1, -0.05) is 17.7 Å². The highest BCUT2D eigenvalue weighted by Crippen LogP contribution is 2.09. The summed E-state index contributed by atoms with van der Waals surface area (Å²) in [6.45, 7) is 3.23. The van der Waals surface area contributed by atoms with Crippen molar-refractivity contribution in [2.45, 2.75) is 18.6 Å². The molecular formula is C8H12BNO3S. The SMILES string of the molecule is CB(O)NS(=O)(=O)c1ccc(C)cc1. The number of rotatable bonds is 3. The maximum Gasteiger partial charge on any atom is 0.387 e. The molecule has 0 heterocycles. The maximum atomic E-state index is 11.5. The Hall–Kier alpha value is -0.845. The fraction of sp³-hybridized carbons (Fsp3) is 0.250. The van der Waals surface area contributed by atoms with Crippen molar-refractivity contribution < 1.29 is 13.4 Å². The van der Waals surface area contributed by atoms with E-state index in [4.69, 9.17) is 5.02 Å². The van der Waals surface area contributed by atoms with E-state index in [-0.39, 0.29) is 4.90 Å². The highest BCUT2D eigenvalue weighted by Gasteiger charge is 2.17. The highest BCUT2D eigenvalue weighted by atomic mass is 32.2. The summed E-state index contributed by atoms with van der Waals surface area (Å²) in [6, 6.07) is 6.41. The van der Waals surface area contributed by atoms with Crippen LogP contribution in [0.15, 0.2) is 29.2 Å². The van der Waals surface area contributed by atoms with Crippen LogP contribution in [0.4, 0.5) is 0 Å². The van der Waals surface area contributed by atoms with E-state index in [0.29, 0.717) is 0 Å². The minimum absolute atomic E-state index is 0.156. The van der Waals surface area contributed by atoms with Crippen molar-refractivity contribution in [2.75, 3.05) is 0 Å². The van der Waals surface area contributed by atoms with E-state index in [1.54, 1.807) is 12.1 Å². The van der Waals surface area contributed by atoms with Crippen molar-refractivity contribution in [1.29, 1.82) is 0 Å². The van der Waals surface area contributed by atoms with Gasteiger partial charge in [-0.05, 0) is 25.9 Å². The van der Waals surface area contributed by atoms with Crippen LogP contribution in [-0.4, -0.2) is 20.5 Å². The highest BCUT2D eigenvalue weighted by molar-refractivity contribution is 7.90. The molecule has 1 aromatic carbocycles. The predicted octanol–water partition coefficient (Wildman–Crippen LogP) is 0.384. The summed E-state index contributed by atoms with van der Waals surface area (Å²) >= 11 is 0. The second-order valence-electron chi connectivity index (χ2n) is 3.11. The van der Waals surface area contributed by atoms with Crippen molar-refractivity contribution in [3.63, 3.8) is 0 Å². The molecule has 0 fully saturated rings. The van der Waals surface area contributed by atoms with Gasteiger partial charge in [0.1, 0.15) is 0 Å². The standard InChI is InChI=1S/C8H12BNO3S/c1-7-3-5-8(6-4-7)14(12,13)10-9(2)11/h3-6,10-11H,1-2H3. The molecule has 0 bridgehead atoms. The molecule has 0 unspecified atom stereocenters. The van der Waals surface area contributed by atoms with Gasteiger partial charge in [-0.25, -0.2) is 13.1 Å². The summed E-state index contributed by atoms with van der Waals surface area (Å²) in [7, 11) is -4.66. The monoisotopic (exact) mass is 213 g/mol. The van der Waals surface area contributed by atoms with Gasteiger partial charge in [0.2, 0.25) is 10.0 Å². The summed E-state index contributed by atoms with van der Waals surface area (Å²) in [5, 5.41) is 8.91. The topological polar surface area (TPSA) is 66.4 Å². The van der Waals surface area contributed by atoms with E-state index in [0.717, 1.165) is 5.56 Å². The smallest absolute Gasteiger partial charge is 0.387 e. The normalized spacial score (nSPS) is 11.4. The Labute approximate surface area is 84.1 Å². The zero-order valence-electron chi connectivity index (χ0n) is 8.06. The molecule has 0 aromatic heterocycles. The van der Waals surface area contributed by atoms with Crippen molar-refractivity contribution >= 4 is 17.1 Å². The molecule has 0 saturated heterocycles. The third-order valence-corrected chi connectivity index (χ3v) is 3.20. The van der Waals surface area contributed by atoms with E-state index >= 15 is 0 Å². The summed E-state index contributed by atoms with van der Waals surface area (Å²) in [5.41, 5.74) is 0.987. The van der Waals surface area contributed by atoms with Crippen molar-refractivity contribution in [2.24, 2.45) is 0 Å². The van der Waals surface area contributed by atoms with Gasteiger partial charge in [-0.15, -0.1) is 0 Å². The van der Waals surface area contributed by atoms with Gasteiger partial charge >= 0.3 is 7.05 Å². The van der Waals surface area contributed by atoms with Crippen LogP contribution in [-0.2, 0) is 10.0 Å². The van der Waals surface area contributed by atoms with Crippen LogP contribution in [0.2, 0.25) is 6.82 Å². The molecule has 14 heavy (non-hydrogen) atoms. The first-order valence-electron chi connectivity index (χ1n) is 4.19. The second kappa shape index (κ2) is 4.12. The van der Waals surface area contributed by atoms with Gasteiger partial charge in [0, 0.05) is 0 Å². The zero-order chi connectivity index (χ0) is 10.8. The van der Waals surface area contributed by atoms with Gasteiger partial charge in [0.25, 0.3) is 0 Å². The lowest BCUT2D eigenvalue weighted by molar-refractivity contribution is 0.559. The Morgan fingerprint density at radius 1 is 1.29 bits per heavy atom. The Morgan fingerprint density at radius 3 is 2.21 bits per heavy atom. The van der Waals surface area contributed by atoms with Gasteiger partial charge < -0.3 is 5.02 Å². The van der Waals surface area contributed by atoms with E-state index < -0.39 is 17.1 Å². The van der Waals surface area contributed by atoms with Gasteiger partial charge in [-0.3, -0.25) is 0 Å². The molecule has 0 aliphatic rings. The van der Waals surface area contributed by atoms with Crippen LogP contribution in [0.3, 0.4) is 0 Å². The lowest BCUT2D eigenvalue weighted by Crippen LogP contribution is -2.36. The number of nitrogens with one attached hydrogen (secondary N) is 1. The number of sulfonamides is 1. The summed E-state index contributed by atoms with van der Waals surface area (Å²) < 4.78 is 25.0. The Bertz CT molecular complexity index is 399. The predicted molar refractivity (Wildman–Crippen MR) is 55.3 cm³/mol. The van der Waals surface area contributed by atoms with Gasteiger partial charge in [0.05, 0.1) is 4.90 Å². The third-order valence-electron chi connectivity index (χ3n) is 1.66. The quantitative estimate of drug-likeness (QED) is 0.713. The van der Waals surface area contributed by atoms with E-state index in [1.165, 1.54) is 19.0 Å². The lowest BCUT2D eigenvalue weighted by atomic mass is 9.92. The molecule has 76 valence electrons. The molecular weight excluding hydrogens is 201 g/mol. The number of hydrogen-bond acceptors (Lipinski definition) is 3. The fourth-order valence-electron chi connectivity index (χ4n) is 1.01. The molecule has 0 atom stereocenters. The minimum atomic E-state index is -3.58. The van der Waals surface area contributed by atoms with Crippen molar-refractivity contribution in [3.8, 4) is 0 Å². The average molecular weight is 213 g/mol. The molecule has 0 spiro atoms. The molecule has 2 N–H and O–H groups in total. The Morgan fingerprint density at radius 2 is 1.79 bits per heavy atom. The maximum absolute atomic E-state index is 11.5. The molecule has 1 rings (SSSR count). The van der Waals surface area contributed by atoms with Crippen LogP contribution in [0.1, 0.15) is 5.56 Å². The van der Waals surface area contributed by atoms with Gasteiger partial charge in [0.15, 0.2) is 0 Å². The first kappa shape index (κ1) is 11.2. The van der Waals surface area contributed by atoms with Crippen LogP contribution < -0.4 is 4.63 Å². The first-order valence-corrected chi connectivity index (χ1v) is 5.67. The molecule has 6 heteroatoms. The Kier molecular flexibility index (Phi) is 3.31. The van der Waals surface area contributed by atoms with Crippen LogP contribution in [0, 0.1) is 6.92 Å². The molecule has 4 nitrogen and oxygen atoms in total. The first-order chi connectivity index (χ1) is 6.42. The number of hydrogen-bond donors (Lipinski definition) is 2. The molecule has 1 aromatic rings. The third kappa shape index (κ3) is 2.83. The fourth-order valence-corrected chi connectivity index (χ4v) is 2.09. The molecule has 0 saturated carbocycles.